The highest BCUT2D eigenvalue weighted by atomic mass is 16.6. The van der Waals surface area contributed by atoms with Crippen LogP contribution < -0.4 is 5.43 Å². The number of allylic oxidation sites excluding steroid dienone is 4. The van der Waals surface area contributed by atoms with Crippen LogP contribution >= 0.6 is 0 Å². The van der Waals surface area contributed by atoms with Gasteiger partial charge in [-0.1, -0.05) is 65.3 Å². The predicted molar refractivity (Wildman–Crippen MR) is 168 cm³/mol. The molecule has 4 aliphatic rings. The van der Waals surface area contributed by atoms with Gasteiger partial charge in [0.05, 0.1) is 15.9 Å². The van der Waals surface area contributed by atoms with Gasteiger partial charge in [0.1, 0.15) is 5.69 Å². The molecule has 8 heteroatoms. The SMILES string of the molecule is CC(C)[C@@H](C)C=C[C@@H](C)[C@H]1CC[C@H]2C3=CC[C@H]4C/C(=N\Nc5ccc([N+](=O)[O-])cc5[N+](=O)[O-])CC[C@]4(C)[C@H]3CC[C@]12C. The minimum absolute atomic E-state index is 0.183. The van der Waals surface area contributed by atoms with Crippen LogP contribution in [0.25, 0.3) is 0 Å². The molecule has 4 aliphatic carbocycles. The standard InChI is InChI=1S/C34H48N4O4/c1-21(2)22(3)7-8-23(4)28-12-13-29-27-11-9-24-19-25(15-17-33(24,5)30(27)16-18-34(28,29)6)35-36-31-14-10-26(37(39)40)20-32(31)38(41)42/h7-8,10-11,14,20-24,28-30,36H,9,12-13,15-19H2,1-6H3/b8-7?,35-25-/t22-,23+,24-,28+,29-,30-,33-,34+/m0/s1. The van der Waals surface area contributed by atoms with Gasteiger partial charge >= 0.3 is 5.69 Å². The highest BCUT2D eigenvalue weighted by molar-refractivity contribution is 5.86. The van der Waals surface area contributed by atoms with Crippen molar-refractivity contribution in [1.82, 2.24) is 0 Å². The van der Waals surface area contributed by atoms with Gasteiger partial charge < -0.3 is 0 Å². The summed E-state index contributed by atoms with van der Waals surface area (Å²) in [4.78, 5) is 21.4. The quantitative estimate of drug-likeness (QED) is 0.188. The zero-order valence-electron chi connectivity index (χ0n) is 26.1. The second kappa shape index (κ2) is 11.6. The van der Waals surface area contributed by atoms with Crippen molar-refractivity contribution >= 4 is 22.8 Å². The Morgan fingerprint density at radius 2 is 1.71 bits per heavy atom. The lowest BCUT2D eigenvalue weighted by Crippen LogP contribution is -2.49. The molecular weight excluding hydrogens is 528 g/mol. The number of hydrogen-bond acceptors (Lipinski definition) is 6. The van der Waals surface area contributed by atoms with Gasteiger partial charge in [-0.3, -0.25) is 25.7 Å². The van der Waals surface area contributed by atoms with E-state index < -0.39 is 9.85 Å². The molecule has 0 bridgehead atoms. The van der Waals surface area contributed by atoms with Crippen molar-refractivity contribution in [3.63, 3.8) is 0 Å². The molecule has 3 fully saturated rings. The maximum absolute atomic E-state index is 11.5. The number of hydrazone groups is 1. The monoisotopic (exact) mass is 576 g/mol. The molecule has 8 atom stereocenters. The van der Waals surface area contributed by atoms with Crippen LogP contribution in [-0.2, 0) is 0 Å². The van der Waals surface area contributed by atoms with E-state index in [-0.39, 0.29) is 22.5 Å². The van der Waals surface area contributed by atoms with Crippen molar-refractivity contribution in [3.8, 4) is 0 Å². The Morgan fingerprint density at radius 3 is 2.40 bits per heavy atom. The number of nitro groups is 2. The first-order chi connectivity index (χ1) is 19.8. The number of benzene rings is 1. The van der Waals surface area contributed by atoms with Gasteiger partial charge in [0.25, 0.3) is 5.69 Å². The molecule has 0 aromatic heterocycles. The number of anilines is 1. The van der Waals surface area contributed by atoms with E-state index in [1.807, 2.05) is 0 Å². The third-order valence-corrected chi connectivity index (χ3v) is 12.1. The zero-order valence-corrected chi connectivity index (χ0v) is 26.1. The van der Waals surface area contributed by atoms with Crippen LogP contribution in [0.3, 0.4) is 0 Å². The number of nitro benzene ring substituents is 2. The number of hydrogen-bond donors (Lipinski definition) is 1. The molecular formula is C34H48N4O4. The molecule has 0 heterocycles. The molecule has 5 rings (SSSR count). The van der Waals surface area contributed by atoms with E-state index in [2.05, 4.69) is 70.3 Å². The van der Waals surface area contributed by atoms with Crippen molar-refractivity contribution in [2.24, 2.45) is 57.4 Å². The summed E-state index contributed by atoms with van der Waals surface area (Å²) >= 11 is 0. The molecule has 0 aliphatic heterocycles. The summed E-state index contributed by atoms with van der Waals surface area (Å²) in [5.74, 6) is 4.47. The average molecular weight is 577 g/mol. The van der Waals surface area contributed by atoms with E-state index in [4.69, 9.17) is 0 Å². The second-order valence-corrected chi connectivity index (χ2v) is 14.5. The van der Waals surface area contributed by atoms with Crippen LogP contribution in [-0.4, -0.2) is 15.6 Å². The molecule has 0 saturated heterocycles. The molecule has 0 amide bonds. The third-order valence-electron chi connectivity index (χ3n) is 12.1. The number of fused-ring (bicyclic) bond motifs is 5. The molecule has 1 aromatic rings. The van der Waals surface area contributed by atoms with Crippen LogP contribution in [0.5, 0.6) is 0 Å². The van der Waals surface area contributed by atoms with Gasteiger partial charge in [0, 0.05) is 11.8 Å². The fourth-order valence-corrected chi connectivity index (χ4v) is 9.05. The smallest absolute Gasteiger partial charge is 0.272 e. The Kier molecular flexibility index (Phi) is 8.38. The highest BCUT2D eigenvalue weighted by Crippen LogP contribution is 2.66. The summed E-state index contributed by atoms with van der Waals surface area (Å²) in [5.41, 5.74) is 5.82. The van der Waals surface area contributed by atoms with Crippen LogP contribution in [0, 0.1) is 72.5 Å². The van der Waals surface area contributed by atoms with Gasteiger partial charge in [0.15, 0.2) is 0 Å². The van der Waals surface area contributed by atoms with E-state index in [0.29, 0.717) is 40.9 Å². The molecule has 8 nitrogen and oxygen atoms in total. The lowest BCUT2D eigenvalue weighted by atomic mass is 9.47. The molecule has 1 aromatic carbocycles. The molecule has 0 spiro atoms. The van der Waals surface area contributed by atoms with E-state index in [1.54, 1.807) is 5.57 Å². The van der Waals surface area contributed by atoms with Crippen LogP contribution in [0.4, 0.5) is 17.1 Å². The first-order valence-electron chi connectivity index (χ1n) is 16.0. The minimum Gasteiger partial charge on any atom is -0.272 e. The van der Waals surface area contributed by atoms with Crippen molar-refractivity contribution in [1.29, 1.82) is 0 Å². The van der Waals surface area contributed by atoms with Crippen LogP contribution in [0.2, 0.25) is 0 Å². The largest absolute Gasteiger partial charge is 0.301 e. The van der Waals surface area contributed by atoms with Crippen LogP contribution in [0.1, 0.15) is 92.9 Å². The van der Waals surface area contributed by atoms with E-state index >= 15 is 0 Å². The topological polar surface area (TPSA) is 111 Å². The Balaban J connectivity index is 1.30. The number of non-ortho nitro benzene ring substituents is 1. The summed E-state index contributed by atoms with van der Waals surface area (Å²) in [6.07, 6.45) is 16.7. The maximum atomic E-state index is 11.5. The Hall–Kier alpha value is -3.03. The van der Waals surface area contributed by atoms with Crippen LogP contribution in [0.15, 0.2) is 47.1 Å². The average Bonchev–Trinajstić information content (AvgIpc) is 3.31. The van der Waals surface area contributed by atoms with E-state index in [9.17, 15) is 20.2 Å². The molecule has 3 saturated carbocycles. The predicted octanol–water partition coefficient (Wildman–Crippen LogP) is 9.33. The summed E-state index contributed by atoms with van der Waals surface area (Å²) < 4.78 is 0. The van der Waals surface area contributed by atoms with Crippen molar-refractivity contribution in [2.75, 3.05) is 5.43 Å². The van der Waals surface area contributed by atoms with Gasteiger partial charge in [-0.05, 0) is 110 Å². The first kappa shape index (κ1) is 30.4. The zero-order chi connectivity index (χ0) is 30.4. The Labute approximate surface area is 250 Å². The van der Waals surface area contributed by atoms with Crippen molar-refractivity contribution in [2.45, 2.75) is 92.9 Å². The number of rotatable bonds is 8. The minimum atomic E-state index is -0.624. The normalized spacial score (nSPS) is 34.8. The van der Waals surface area contributed by atoms with Gasteiger partial charge in [-0.2, -0.15) is 5.10 Å². The highest BCUT2D eigenvalue weighted by Gasteiger charge is 2.57. The van der Waals surface area contributed by atoms with Gasteiger partial charge in [0.2, 0.25) is 0 Å². The molecule has 228 valence electrons. The number of nitrogens with zero attached hydrogens (tertiary/aromatic N) is 3. The second-order valence-electron chi connectivity index (χ2n) is 14.5. The van der Waals surface area contributed by atoms with E-state index in [0.717, 1.165) is 43.4 Å². The molecule has 1 N–H and O–H groups in total. The first-order valence-corrected chi connectivity index (χ1v) is 16.0. The summed E-state index contributed by atoms with van der Waals surface area (Å²) in [7, 11) is 0. The third kappa shape index (κ3) is 5.42. The lowest BCUT2D eigenvalue weighted by Gasteiger charge is -2.57. The fraction of sp³-hybridized carbons (Fsp3) is 0.676. The van der Waals surface area contributed by atoms with Crippen molar-refractivity contribution < 1.29 is 9.85 Å². The Bertz CT molecular complexity index is 1320. The molecule has 0 unspecified atom stereocenters. The summed E-state index contributed by atoms with van der Waals surface area (Å²) in [6, 6.07) is 3.63. The van der Waals surface area contributed by atoms with Gasteiger partial charge in [-0.25, -0.2) is 0 Å². The maximum Gasteiger partial charge on any atom is 0.301 e. The Morgan fingerprint density at radius 1 is 0.976 bits per heavy atom. The molecule has 0 radical (unpaired) electrons. The van der Waals surface area contributed by atoms with E-state index in [1.165, 1.54) is 37.8 Å². The summed E-state index contributed by atoms with van der Waals surface area (Å²) in [6.45, 7) is 14.5. The number of nitrogens with one attached hydrogen (secondary N) is 1. The molecule has 42 heavy (non-hydrogen) atoms. The lowest BCUT2D eigenvalue weighted by molar-refractivity contribution is -0.393. The fourth-order valence-electron chi connectivity index (χ4n) is 9.05. The van der Waals surface area contributed by atoms with Gasteiger partial charge in [-0.15, -0.1) is 0 Å². The van der Waals surface area contributed by atoms with Crippen molar-refractivity contribution in [3.05, 3.63) is 62.2 Å². The summed E-state index contributed by atoms with van der Waals surface area (Å²) in [5, 5.41) is 27.2.